The highest BCUT2D eigenvalue weighted by Crippen LogP contribution is 2.34. The van der Waals surface area contributed by atoms with Gasteiger partial charge in [0, 0.05) is 23.0 Å². The summed E-state index contributed by atoms with van der Waals surface area (Å²) < 4.78 is 39.3. The predicted octanol–water partition coefficient (Wildman–Crippen LogP) is 5.85. The summed E-state index contributed by atoms with van der Waals surface area (Å²) in [5.74, 6) is -0.261. The minimum atomic E-state index is -2.48. The SMILES string of the molecule is Fc1ccc2c(c1)CCc1ncccc1/C2=C\c1ccc(C(F)F)cc1. The fourth-order valence-corrected chi connectivity index (χ4v) is 3.37. The summed E-state index contributed by atoms with van der Waals surface area (Å²) in [5.41, 5.74) is 5.59. The highest BCUT2D eigenvalue weighted by Gasteiger charge is 2.19. The van der Waals surface area contributed by atoms with Crippen LogP contribution >= 0.6 is 0 Å². The molecular formula is C22H16F3N. The first-order valence-electron chi connectivity index (χ1n) is 8.45. The topological polar surface area (TPSA) is 12.9 Å². The highest BCUT2D eigenvalue weighted by molar-refractivity contribution is 5.93. The molecule has 0 N–H and O–H groups in total. The van der Waals surface area contributed by atoms with Crippen LogP contribution in [-0.4, -0.2) is 4.98 Å². The summed E-state index contributed by atoms with van der Waals surface area (Å²) in [6.07, 6.45) is 2.67. The van der Waals surface area contributed by atoms with E-state index in [0.717, 1.165) is 39.9 Å². The van der Waals surface area contributed by atoms with Crippen LogP contribution in [0, 0.1) is 5.82 Å². The van der Waals surface area contributed by atoms with Gasteiger partial charge in [-0.2, -0.15) is 0 Å². The Morgan fingerprint density at radius 1 is 0.923 bits per heavy atom. The molecule has 0 atom stereocenters. The molecule has 0 saturated heterocycles. The smallest absolute Gasteiger partial charge is 0.261 e. The monoisotopic (exact) mass is 351 g/mol. The average Bonchev–Trinajstić information content (AvgIpc) is 2.79. The summed E-state index contributed by atoms with van der Waals surface area (Å²) >= 11 is 0. The molecule has 1 nitrogen and oxygen atoms in total. The van der Waals surface area contributed by atoms with E-state index in [1.165, 1.54) is 18.2 Å². The average molecular weight is 351 g/mol. The van der Waals surface area contributed by atoms with Crippen LogP contribution in [0.2, 0.25) is 0 Å². The Morgan fingerprint density at radius 2 is 1.73 bits per heavy atom. The van der Waals surface area contributed by atoms with Gasteiger partial charge in [-0.1, -0.05) is 36.4 Å². The van der Waals surface area contributed by atoms with Crippen LogP contribution in [0.5, 0.6) is 0 Å². The summed E-state index contributed by atoms with van der Waals surface area (Å²) in [5, 5.41) is 0. The van der Waals surface area contributed by atoms with E-state index in [2.05, 4.69) is 4.98 Å². The third kappa shape index (κ3) is 3.15. The second-order valence-electron chi connectivity index (χ2n) is 6.32. The van der Waals surface area contributed by atoms with Crippen molar-refractivity contribution in [1.29, 1.82) is 0 Å². The van der Waals surface area contributed by atoms with E-state index in [0.29, 0.717) is 6.42 Å². The Balaban J connectivity index is 1.88. The second kappa shape index (κ2) is 6.79. The standard InChI is InChI=1S/C22H16F3N/c23-17-8-9-18-16(13-17)7-10-21-19(2-1-11-26-21)20(18)12-14-3-5-15(6-4-14)22(24)25/h1-6,8-9,11-13,22H,7,10H2/b20-12-. The summed E-state index contributed by atoms with van der Waals surface area (Å²) in [4.78, 5) is 4.48. The lowest BCUT2D eigenvalue weighted by Crippen LogP contribution is -1.95. The van der Waals surface area contributed by atoms with Crippen molar-refractivity contribution < 1.29 is 13.2 Å². The zero-order valence-corrected chi connectivity index (χ0v) is 13.9. The number of benzene rings is 2. The molecule has 0 bridgehead atoms. The number of pyridine rings is 1. The Kier molecular flexibility index (Phi) is 4.33. The second-order valence-corrected chi connectivity index (χ2v) is 6.32. The van der Waals surface area contributed by atoms with Crippen LogP contribution in [0.3, 0.4) is 0 Å². The maximum Gasteiger partial charge on any atom is 0.263 e. The van der Waals surface area contributed by atoms with Crippen molar-refractivity contribution in [3.05, 3.63) is 100 Å². The Bertz CT molecular complexity index is 975. The molecular weight excluding hydrogens is 335 g/mol. The first kappa shape index (κ1) is 16.6. The van der Waals surface area contributed by atoms with Gasteiger partial charge in [0.1, 0.15) is 5.82 Å². The van der Waals surface area contributed by atoms with Gasteiger partial charge in [-0.15, -0.1) is 0 Å². The first-order chi connectivity index (χ1) is 12.6. The number of alkyl halides is 2. The predicted molar refractivity (Wildman–Crippen MR) is 96.4 cm³/mol. The molecule has 4 heteroatoms. The summed E-state index contributed by atoms with van der Waals surface area (Å²) in [7, 11) is 0. The Labute approximate surface area is 149 Å². The number of fused-ring (bicyclic) bond motifs is 2. The molecule has 0 unspecified atom stereocenters. The summed E-state index contributed by atoms with van der Waals surface area (Å²) in [6, 6.07) is 14.9. The minimum absolute atomic E-state index is 0.00226. The normalized spacial score (nSPS) is 14.8. The van der Waals surface area contributed by atoms with Gasteiger partial charge >= 0.3 is 0 Å². The Hall–Kier alpha value is -2.88. The zero-order valence-electron chi connectivity index (χ0n) is 13.9. The van der Waals surface area contributed by atoms with E-state index in [9.17, 15) is 13.2 Å². The maximum atomic E-state index is 13.7. The third-order valence-electron chi connectivity index (χ3n) is 4.67. The van der Waals surface area contributed by atoms with E-state index in [1.807, 2.05) is 18.2 Å². The lowest BCUT2D eigenvalue weighted by molar-refractivity contribution is 0.151. The van der Waals surface area contributed by atoms with Crippen molar-refractivity contribution in [2.24, 2.45) is 0 Å². The molecule has 1 aromatic heterocycles. The number of nitrogens with zero attached hydrogens (tertiary/aromatic N) is 1. The van der Waals surface area contributed by atoms with Crippen molar-refractivity contribution in [2.45, 2.75) is 19.3 Å². The molecule has 4 rings (SSSR count). The molecule has 1 heterocycles. The van der Waals surface area contributed by atoms with Gasteiger partial charge in [-0.25, -0.2) is 13.2 Å². The first-order valence-corrected chi connectivity index (χ1v) is 8.45. The summed E-state index contributed by atoms with van der Waals surface area (Å²) in [6.45, 7) is 0. The van der Waals surface area contributed by atoms with Crippen molar-refractivity contribution in [2.75, 3.05) is 0 Å². The molecule has 0 radical (unpaired) electrons. The van der Waals surface area contributed by atoms with Gasteiger partial charge in [-0.05, 0) is 59.4 Å². The molecule has 130 valence electrons. The number of hydrogen-bond acceptors (Lipinski definition) is 1. The quantitative estimate of drug-likeness (QED) is 0.565. The molecule has 1 aliphatic carbocycles. The van der Waals surface area contributed by atoms with E-state index >= 15 is 0 Å². The Morgan fingerprint density at radius 3 is 2.50 bits per heavy atom. The number of aromatic nitrogens is 1. The van der Waals surface area contributed by atoms with Gasteiger partial charge < -0.3 is 0 Å². The van der Waals surface area contributed by atoms with Crippen LogP contribution in [0.4, 0.5) is 13.2 Å². The van der Waals surface area contributed by atoms with Gasteiger partial charge in [0.15, 0.2) is 0 Å². The minimum Gasteiger partial charge on any atom is -0.261 e. The van der Waals surface area contributed by atoms with Crippen LogP contribution < -0.4 is 0 Å². The number of halogens is 3. The number of rotatable bonds is 2. The molecule has 0 saturated carbocycles. The molecule has 0 fully saturated rings. The number of hydrogen-bond donors (Lipinski definition) is 0. The molecule has 26 heavy (non-hydrogen) atoms. The van der Waals surface area contributed by atoms with Crippen molar-refractivity contribution in [1.82, 2.24) is 4.98 Å². The maximum absolute atomic E-state index is 13.7. The van der Waals surface area contributed by atoms with Gasteiger partial charge in [0.25, 0.3) is 6.43 Å². The molecule has 2 aromatic carbocycles. The van der Waals surface area contributed by atoms with Crippen LogP contribution in [-0.2, 0) is 12.8 Å². The van der Waals surface area contributed by atoms with E-state index in [-0.39, 0.29) is 11.4 Å². The molecule has 0 aliphatic heterocycles. The van der Waals surface area contributed by atoms with E-state index < -0.39 is 6.43 Å². The highest BCUT2D eigenvalue weighted by atomic mass is 19.3. The largest absolute Gasteiger partial charge is 0.263 e. The van der Waals surface area contributed by atoms with Crippen molar-refractivity contribution in [3.63, 3.8) is 0 Å². The molecule has 0 spiro atoms. The molecule has 1 aliphatic rings. The van der Waals surface area contributed by atoms with Gasteiger partial charge in [0.2, 0.25) is 0 Å². The fourth-order valence-electron chi connectivity index (χ4n) is 3.37. The third-order valence-corrected chi connectivity index (χ3v) is 4.67. The van der Waals surface area contributed by atoms with Gasteiger partial charge in [-0.3, -0.25) is 4.98 Å². The van der Waals surface area contributed by atoms with Crippen LogP contribution in [0.15, 0.2) is 60.8 Å². The lowest BCUT2D eigenvalue weighted by atomic mass is 9.93. The molecule has 3 aromatic rings. The van der Waals surface area contributed by atoms with E-state index in [1.54, 1.807) is 30.5 Å². The fraction of sp³-hybridized carbons (Fsp3) is 0.136. The van der Waals surface area contributed by atoms with E-state index in [4.69, 9.17) is 0 Å². The van der Waals surface area contributed by atoms with Crippen LogP contribution in [0.25, 0.3) is 11.6 Å². The van der Waals surface area contributed by atoms with Crippen molar-refractivity contribution in [3.8, 4) is 0 Å². The molecule has 0 amide bonds. The lowest BCUT2D eigenvalue weighted by Gasteiger charge is -2.12. The zero-order chi connectivity index (χ0) is 18.1. The number of aryl methyl sites for hydroxylation is 2. The van der Waals surface area contributed by atoms with Gasteiger partial charge in [0.05, 0.1) is 0 Å². The van der Waals surface area contributed by atoms with Crippen LogP contribution in [0.1, 0.15) is 39.9 Å². The van der Waals surface area contributed by atoms with Crippen molar-refractivity contribution >= 4 is 11.6 Å².